The standard InChI is InChI=1S/C2H6O3PSi/c1-2-4-6(3)5-7/h2H,1H2,7H3/q+1. The zero-order valence-corrected chi connectivity index (χ0v) is 6.85. The minimum absolute atomic E-state index is 0.431. The summed E-state index contributed by atoms with van der Waals surface area (Å²) in [5, 5.41) is 0. The maximum absolute atomic E-state index is 10.1. The van der Waals surface area contributed by atoms with Crippen molar-refractivity contribution in [2.45, 2.75) is 0 Å². The average molecular weight is 137 g/mol. The normalized spacial score (nSPS) is 10.6. The van der Waals surface area contributed by atoms with Crippen LogP contribution in [0.3, 0.4) is 0 Å². The van der Waals surface area contributed by atoms with Crippen LogP contribution >= 0.6 is 8.25 Å². The summed E-state index contributed by atoms with van der Waals surface area (Å²) >= 11 is 0. The lowest BCUT2D eigenvalue weighted by molar-refractivity contribution is 0.395. The summed E-state index contributed by atoms with van der Waals surface area (Å²) in [5.41, 5.74) is 0. The molecule has 1 atom stereocenters. The van der Waals surface area contributed by atoms with E-state index < -0.39 is 8.25 Å². The molecule has 5 heteroatoms. The lowest BCUT2D eigenvalue weighted by atomic mass is 11.2. The predicted molar refractivity (Wildman–Crippen MR) is 29.9 cm³/mol. The van der Waals surface area contributed by atoms with Gasteiger partial charge in [-0.2, -0.15) is 4.21 Å². The van der Waals surface area contributed by atoms with Gasteiger partial charge in [0.15, 0.2) is 0 Å². The Morgan fingerprint density at radius 3 is 2.57 bits per heavy atom. The summed E-state index contributed by atoms with van der Waals surface area (Å²) in [4.78, 5) is 0. The van der Waals surface area contributed by atoms with E-state index in [9.17, 15) is 4.57 Å². The molecule has 0 radical (unpaired) electrons. The molecule has 0 bridgehead atoms. The second kappa shape index (κ2) is 3.99. The molecule has 0 spiro atoms. The minimum Gasteiger partial charge on any atom is -0.239 e. The van der Waals surface area contributed by atoms with Crippen molar-refractivity contribution in [3.8, 4) is 0 Å². The summed E-state index contributed by atoms with van der Waals surface area (Å²) in [7, 11) is -1.45. The first-order valence-electron chi connectivity index (χ1n) is 1.60. The molecule has 0 aromatic carbocycles. The van der Waals surface area contributed by atoms with Gasteiger partial charge in [0.1, 0.15) is 6.26 Å². The van der Waals surface area contributed by atoms with Crippen LogP contribution in [-0.4, -0.2) is 10.5 Å². The fourth-order valence-corrected chi connectivity index (χ4v) is 0.570. The van der Waals surface area contributed by atoms with E-state index in [0.29, 0.717) is 10.5 Å². The Hall–Kier alpha value is -0.183. The van der Waals surface area contributed by atoms with Gasteiger partial charge in [0.2, 0.25) is 10.5 Å². The van der Waals surface area contributed by atoms with Gasteiger partial charge >= 0.3 is 8.25 Å². The lowest BCUT2D eigenvalue weighted by Crippen LogP contribution is -1.68. The summed E-state index contributed by atoms with van der Waals surface area (Å²) in [6.45, 7) is 3.18. The lowest BCUT2D eigenvalue weighted by Gasteiger charge is -1.72. The molecular formula is C2H6O3PSi+. The number of rotatable bonds is 3. The van der Waals surface area contributed by atoms with E-state index in [2.05, 4.69) is 15.3 Å². The van der Waals surface area contributed by atoms with Crippen LogP contribution in [0.15, 0.2) is 12.8 Å². The maximum Gasteiger partial charge on any atom is 0.736 e. The molecule has 0 aliphatic heterocycles. The van der Waals surface area contributed by atoms with Crippen LogP contribution in [0.2, 0.25) is 0 Å². The van der Waals surface area contributed by atoms with Gasteiger partial charge in [-0.25, -0.2) is 4.52 Å². The zero-order chi connectivity index (χ0) is 5.70. The first-order chi connectivity index (χ1) is 3.31. The van der Waals surface area contributed by atoms with Crippen LogP contribution in [0.5, 0.6) is 0 Å². The van der Waals surface area contributed by atoms with Gasteiger partial charge in [-0.05, 0) is 0 Å². The van der Waals surface area contributed by atoms with Gasteiger partial charge in [0.25, 0.3) is 0 Å². The topological polar surface area (TPSA) is 35.5 Å². The molecule has 3 nitrogen and oxygen atoms in total. The van der Waals surface area contributed by atoms with Gasteiger partial charge in [0.05, 0.1) is 0 Å². The van der Waals surface area contributed by atoms with Crippen LogP contribution < -0.4 is 0 Å². The smallest absolute Gasteiger partial charge is 0.239 e. The molecule has 7 heavy (non-hydrogen) atoms. The molecule has 0 aliphatic rings. The molecule has 0 amide bonds. The Bertz CT molecular complexity index is 83.0. The van der Waals surface area contributed by atoms with Crippen molar-refractivity contribution in [3.05, 3.63) is 12.8 Å². The molecule has 0 saturated heterocycles. The summed E-state index contributed by atoms with van der Waals surface area (Å²) < 4.78 is 18.7. The molecule has 0 aliphatic carbocycles. The first-order valence-corrected chi connectivity index (χ1v) is 3.51. The second-order valence-electron chi connectivity index (χ2n) is 0.678. The van der Waals surface area contributed by atoms with Crippen molar-refractivity contribution in [2.24, 2.45) is 0 Å². The van der Waals surface area contributed by atoms with Gasteiger partial charge in [0, 0.05) is 4.57 Å². The van der Waals surface area contributed by atoms with E-state index in [-0.39, 0.29) is 0 Å². The van der Waals surface area contributed by atoms with Crippen LogP contribution in [0.1, 0.15) is 0 Å². The predicted octanol–water partition coefficient (Wildman–Crippen LogP) is 0.101. The molecular weight excluding hydrogens is 131 g/mol. The quantitative estimate of drug-likeness (QED) is 0.314. The SMILES string of the molecule is C=CO[P+](=O)O[SiH3]. The highest BCUT2D eigenvalue weighted by Crippen LogP contribution is 2.20. The summed E-state index contributed by atoms with van der Waals surface area (Å²) in [6, 6.07) is 0. The van der Waals surface area contributed by atoms with Gasteiger partial charge < -0.3 is 0 Å². The summed E-state index contributed by atoms with van der Waals surface area (Å²) in [5.74, 6) is 0. The molecule has 0 fully saturated rings. The van der Waals surface area contributed by atoms with Gasteiger partial charge in [-0.15, -0.1) is 0 Å². The third kappa shape index (κ3) is 3.65. The zero-order valence-electron chi connectivity index (χ0n) is 3.96. The van der Waals surface area contributed by atoms with Crippen molar-refractivity contribution in [1.29, 1.82) is 0 Å². The van der Waals surface area contributed by atoms with Crippen LogP contribution in [-0.2, 0) is 13.3 Å². The monoisotopic (exact) mass is 137 g/mol. The van der Waals surface area contributed by atoms with E-state index in [0.717, 1.165) is 6.26 Å². The van der Waals surface area contributed by atoms with E-state index in [1.807, 2.05) is 0 Å². The van der Waals surface area contributed by atoms with Gasteiger partial charge in [-0.1, -0.05) is 6.58 Å². The Morgan fingerprint density at radius 2 is 2.43 bits per heavy atom. The Balaban J connectivity index is 3.17. The van der Waals surface area contributed by atoms with Crippen molar-refractivity contribution in [1.82, 2.24) is 0 Å². The first kappa shape index (κ1) is 6.82. The Kier molecular flexibility index (Phi) is 3.88. The summed E-state index contributed by atoms with van der Waals surface area (Å²) in [6.07, 6.45) is 1.09. The van der Waals surface area contributed by atoms with Crippen molar-refractivity contribution >= 4 is 18.7 Å². The minimum atomic E-state index is -1.88. The molecule has 0 heterocycles. The van der Waals surface area contributed by atoms with E-state index >= 15 is 0 Å². The highest BCUT2D eigenvalue weighted by Gasteiger charge is 2.11. The highest BCUT2D eigenvalue weighted by atomic mass is 31.1. The van der Waals surface area contributed by atoms with Gasteiger partial charge in [-0.3, -0.25) is 0 Å². The van der Waals surface area contributed by atoms with Crippen molar-refractivity contribution < 1.29 is 13.3 Å². The maximum atomic E-state index is 10.1. The van der Waals surface area contributed by atoms with E-state index in [1.165, 1.54) is 0 Å². The largest absolute Gasteiger partial charge is 0.736 e. The molecule has 0 N–H and O–H groups in total. The molecule has 0 aromatic rings. The average Bonchev–Trinajstić information content (AvgIpc) is 1.68. The Labute approximate surface area is 45.8 Å². The van der Waals surface area contributed by atoms with Crippen LogP contribution in [0, 0.1) is 0 Å². The molecule has 0 rings (SSSR count). The fourth-order valence-electron chi connectivity index (χ4n) is 0.104. The van der Waals surface area contributed by atoms with E-state index in [4.69, 9.17) is 0 Å². The van der Waals surface area contributed by atoms with Crippen LogP contribution in [0.4, 0.5) is 0 Å². The van der Waals surface area contributed by atoms with Crippen molar-refractivity contribution in [3.63, 3.8) is 0 Å². The third-order valence-electron chi connectivity index (χ3n) is 0.310. The third-order valence-corrected chi connectivity index (χ3v) is 1.82. The number of hydrogen-bond donors (Lipinski definition) is 0. The highest BCUT2D eigenvalue weighted by molar-refractivity contribution is 7.34. The molecule has 40 valence electrons. The second-order valence-corrected chi connectivity index (χ2v) is 2.80. The van der Waals surface area contributed by atoms with Crippen LogP contribution in [0.25, 0.3) is 0 Å². The molecule has 1 unspecified atom stereocenters. The number of hydrogen-bond acceptors (Lipinski definition) is 3. The van der Waals surface area contributed by atoms with Crippen molar-refractivity contribution in [2.75, 3.05) is 0 Å². The molecule has 0 aromatic heterocycles. The fraction of sp³-hybridized carbons (Fsp3) is 0. The molecule has 0 saturated carbocycles. The van der Waals surface area contributed by atoms with E-state index in [1.54, 1.807) is 0 Å². The Morgan fingerprint density at radius 1 is 1.86 bits per heavy atom.